The lowest BCUT2D eigenvalue weighted by Gasteiger charge is -2.25. The van der Waals surface area contributed by atoms with E-state index in [2.05, 4.69) is 0 Å². The molecule has 0 unspecified atom stereocenters. The number of rotatable bonds is 7. The fourth-order valence-electron chi connectivity index (χ4n) is 1.63. The van der Waals surface area contributed by atoms with E-state index in [0.717, 1.165) is 16.8 Å². The summed E-state index contributed by atoms with van der Waals surface area (Å²) in [6, 6.07) is 5.96. The van der Waals surface area contributed by atoms with Crippen molar-refractivity contribution in [2.45, 2.75) is 13.6 Å². The highest BCUT2D eigenvalue weighted by Gasteiger charge is 2.11. The van der Waals surface area contributed by atoms with Crippen LogP contribution in [0.15, 0.2) is 18.2 Å². The third-order valence-corrected chi connectivity index (χ3v) is 2.61. The first kappa shape index (κ1) is 15.1. The number of hydrogen-bond donors (Lipinski definition) is 3. The predicted octanol–water partition coefficient (Wildman–Crippen LogP) is -2.18. The number of nitrogens with zero attached hydrogens (tertiary/aromatic N) is 2. The Labute approximate surface area is 113 Å². The molecule has 10 heteroatoms. The maximum Gasteiger partial charge on any atom is 0.332 e. The molecule has 5 nitrogen and oxygen atoms in total. The van der Waals surface area contributed by atoms with Crippen LogP contribution in [0.5, 0.6) is 0 Å². The molecular weight excluding hydrogens is 220 g/mol. The summed E-state index contributed by atoms with van der Waals surface area (Å²) >= 11 is 0. The minimum absolute atomic E-state index is 0.874. The molecule has 1 rings (SSSR count). The van der Waals surface area contributed by atoms with Gasteiger partial charge < -0.3 is 26.4 Å². The Bertz CT molecular complexity index is 341. The van der Waals surface area contributed by atoms with Crippen molar-refractivity contribution in [2.24, 2.45) is 16.9 Å². The van der Waals surface area contributed by atoms with Crippen molar-refractivity contribution in [3.63, 3.8) is 0 Å². The molecule has 0 atom stereocenters. The monoisotopic (exact) mass is 236 g/mol. The van der Waals surface area contributed by atoms with E-state index in [9.17, 15) is 0 Å². The summed E-state index contributed by atoms with van der Waals surface area (Å²) in [7, 11) is 8.19. The molecule has 0 saturated heterocycles. The van der Waals surface area contributed by atoms with E-state index in [-0.39, 0.29) is 0 Å². The van der Waals surface area contributed by atoms with Crippen LogP contribution in [0.1, 0.15) is 0 Å². The molecule has 1 aromatic carbocycles. The van der Waals surface area contributed by atoms with Gasteiger partial charge in [-0.2, -0.15) is 0 Å². The molecule has 1 aromatic rings. The fourth-order valence-corrected chi connectivity index (χ4v) is 1.63. The number of benzene rings is 1. The molecule has 0 aromatic heterocycles. The number of nitrogens with two attached hydrogens (primary N) is 3. The summed E-state index contributed by atoms with van der Waals surface area (Å²) in [5, 5.41) is 0. The molecule has 0 aliphatic rings. The fraction of sp³-hybridized carbons (Fsp3) is 0.250. The minimum Gasteiger partial charge on any atom is -0.455 e. The van der Waals surface area contributed by atoms with E-state index < -0.39 is 0 Å². The topological polar surface area (TPSA) is 84.5 Å². The molecule has 5 radical (unpaired) electrons. The highest BCUT2D eigenvalue weighted by atomic mass is 15.0. The van der Waals surface area contributed by atoms with Gasteiger partial charge in [0.05, 0.1) is 0 Å². The zero-order chi connectivity index (χ0) is 13.5. The largest absolute Gasteiger partial charge is 0.455 e. The highest BCUT2D eigenvalue weighted by Crippen LogP contribution is 2.19. The van der Waals surface area contributed by atoms with Crippen molar-refractivity contribution >= 4 is 54.2 Å². The van der Waals surface area contributed by atoms with Crippen molar-refractivity contribution in [3.8, 4) is 0 Å². The number of hydrogen-bond acceptors (Lipinski definition) is 5. The Balaban J connectivity index is 3.15. The van der Waals surface area contributed by atoms with E-state index in [1.807, 2.05) is 51.3 Å². The van der Waals surface area contributed by atoms with E-state index in [0.29, 0.717) is 0 Å². The summed E-state index contributed by atoms with van der Waals surface area (Å²) < 4.78 is 3.46. The molecular formula is C8H15B5N5. The maximum atomic E-state index is 5.58. The van der Waals surface area contributed by atoms with Crippen LogP contribution >= 0.6 is 0 Å². The van der Waals surface area contributed by atoms with Crippen LogP contribution in [0, 0.1) is 0 Å². The average Bonchev–Trinajstić information content (AvgIpc) is 2.41. The quantitative estimate of drug-likeness (QED) is 0.468. The second-order valence-corrected chi connectivity index (χ2v) is 3.59. The summed E-state index contributed by atoms with van der Waals surface area (Å²) in [5.41, 5.74) is 19.5. The van der Waals surface area contributed by atoms with Crippen LogP contribution in [0.3, 0.4) is 0 Å². The molecule has 0 bridgehead atoms. The molecule has 0 saturated carbocycles. The van der Waals surface area contributed by atoms with Gasteiger partial charge in [0.25, 0.3) is 0 Å². The molecule has 0 aliphatic carbocycles. The molecule has 6 N–H and O–H groups in total. The van der Waals surface area contributed by atoms with Crippen LogP contribution in [0.2, 0.25) is 13.6 Å². The van der Waals surface area contributed by atoms with Gasteiger partial charge in [-0.15, -0.1) is 0 Å². The first-order chi connectivity index (χ1) is 8.69. The van der Waals surface area contributed by atoms with Crippen molar-refractivity contribution in [1.29, 1.82) is 0 Å². The van der Waals surface area contributed by atoms with Gasteiger partial charge in [-0.1, -0.05) is 19.1 Å². The summed E-state index contributed by atoms with van der Waals surface area (Å²) in [6.07, 6.45) is 0. The molecule has 0 fully saturated rings. The Kier molecular flexibility index (Phi) is 6.25. The minimum atomic E-state index is 0.874. The Morgan fingerprint density at radius 3 is 1.72 bits per heavy atom. The molecule has 87 valence electrons. The Morgan fingerprint density at radius 2 is 1.33 bits per heavy atom. The average molecular weight is 235 g/mol. The third kappa shape index (κ3) is 3.51. The Morgan fingerprint density at radius 1 is 0.833 bits per heavy atom. The van der Waals surface area contributed by atoms with Gasteiger partial charge in [0.1, 0.15) is 7.28 Å². The van der Waals surface area contributed by atoms with Crippen molar-refractivity contribution in [3.05, 3.63) is 18.2 Å². The smallest absolute Gasteiger partial charge is 0.332 e. The van der Waals surface area contributed by atoms with Crippen molar-refractivity contribution in [2.75, 3.05) is 9.44 Å². The van der Waals surface area contributed by atoms with E-state index in [4.69, 9.17) is 16.9 Å². The zero-order valence-electron chi connectivity index (χ0n) is 10.7. The van der Waals surface area contributed by atoms with Gasteiger partial charge in [0.2, 0.25) is 7.41 Å². The van der Waals surface area contributed by atoms with Crippen LogP contribution in [0.25, 0.3) is 0 Å². The van der Waals surface area contributed by atoms with Gasteiger partial charge in [0, 0.05) is 11.4 Å². The van der Waals surface area contributed by atoms with Gasteiger partial charge in [-0.25, -0.2) is 0 Å². The molecule has 0 aliphatic heterocycles. The van der Waals surface area contributed by atoms with Gasteiger partial charge in [-0.05, 0) is 18.2 Å². The highest BCUT2D eigenvalue weighted by molar-refractivity contribution is 6.62. The normalized spacial score (nSPS) is 9.39. The van der Waals surface area contributed by atoms with E-state index in [1.165, 1.54) is 22.6 Å². The lowest BCUT2D eigenvalue weighted by Crippen LogP contribution is -2.42. The van der Waals surface area contributed by atoms with E-state index >= 15 is 0 Å². The summed E-state index contributed by atoms with van der Waals surface area (Å²) in [4.78, 5) is 0. The second-order valence-electron chi connectivity index (χ2n) is 3.59. The third-order valence-electron chi connectivity index (χ3n) is 2.61. The summed E-state index contributed by atoms with van der Waals surface area (Å²) in [5.74, 6) is 0. The first-order valence-electron chi connectivity index (χ1n) is 5.66. The lowest BCUT2D eigenvalue weighted by molar-refractivity contribution is 1.46. The van der Waals surface area contributed by atoms with E-state index in [1.54, 1.807) is 4.72 Å². The van der Waals surface area contributed by atoms with Crippen LogP contribution in [-0.4, -0.2) is 37.3 Å². The molecule has 0 amide bonds. The van der Waals surface area contributed by atoms with Crippen LogP contribution in [0.4, 0.5) is 11.4 Å². The maximum absolute atomic E-state index is 5.58. The second kappa shape index (κ2) is 7.46. The van der Waals surface area contributed by atoms with Crippen molar-refractivity contribution < 1.29 is 0 Å². The lowest BCUT2D eigenvalue weighted by atomic mass is 9.72. The predicted molar refractivity (Wildman–Crippen MR) is 84.1 cm³/mol. The SMILES string of the molecule is C[B]c1cc(N([B]C)[B]N)cc(N([B]N)[B]N)c1. The van der Waals surface area contributed by atoms with Crippen LogP contribution in [-0.2, 0) is 0 Å². The van der Waals surface area contributed by atoms with Gasteiger partial charge in [-0.3, -0.25) is 0 Å². The van der Waals surface area contributed by atoms with Gasteiger partial charge >= 0.3 is 22.6 Å². The Hall–Kier alpha value is -0.975. The molecule has 0 heterocycles. The summed E-state index contributed by atoms with van der Waals surface area (Å²) in [6.45, 7) is 3.88. The molecule has 18 heavy (non-hydrogen) atoms. The molecule has 0 spiro atoms. The number of anilines is 2. The van der Waals surface area contributed by atoms with Crippen molar-refractivity contribution in [1.82, 2.24) is 0 Å². The zero-order valence-corrected chi connectivity index (χ0v) is 10.7. The standard InChI is InChI=1S/C8H15B5N5/c1-9-6-3-7(17(10-2)11-14)5-8(4-6)18(12-15)13-16/h3-5H,14-16H2,1-2H3. The first-order valence-corrected chi connectivity index (χ1v) is 5.66. The van der Waals surface area contributed by atoms with Crippen LogP contribution < -0.4 is 31.8 Å². The van der Waals surface area contributed by atoms with Gasteiger partial charge in [0.15, 0.2) is 0 Å².